The van der Waals surface area contributed by atoms with Crippen LogP contribution in [-0.2, 0) is 4.79 Å². The van der Waals surface area contributed by atoms with E-state index in [-0.39, 0.29) is 12.0 Å². The summed E-state index contributed by atoms with van der Waals surface area (Å²) in [6, 6.07) is 0.645. The average molecular weight is 215 g/mol. The Bertz CT molecular complexity index is 220. The molecule has 0 aromatic carbocycles. The zero-order valence-electron chi connectivity index (χ0n) is 8.48. The molecule has 14 heavy (non-hydrogen) atoms. The Morgan fingerprint density at radius 2 is 2.00 bits per heavy atom. The van der Waals surface area contributed by atoms with E-state index in [2.05, 4.69) is 0 Å². The van der Waals surface area contributed by atoms with Crippen LogP contribution in [0.3, 0.4) is 0 Å². The molecule has 2 aliphatic rings. The summed E-state index contributed by atoms with van der Waals surface area (Å²) in [7, 11) is 0. The summed E-state index contributed by atoms with van der Waals surface area (Å²) in [6.07, 6.45) is 5.53. The lowest BCUT2D eigenvalue weighted by atomic mass is 10.00. The lowest BCUT2D eigenvalue weighted by Crippen LogP contribution is -2.48. The number of thioether (sulfide) groups is 1. The number of aliphatic hydroxyl groups excluding tert-OH is 1. The van der Waals surface area contributed by atoms with Crippen LogP contribution < -0.4 is 0 Å². The number of aliphatic hydroxyl groups is 1. The molecule has 2 atom stereocenters. The molecule has 0 aliphatic carbocycles. The van der Waals surface area contributed by atoms with Crippen molar-refractivity contribution < 1.29 is 9.90 Å². The number of carbonyl (C=O) groups is 1. The number of hydrogen-bond donors (Lipinski definition) is 1. The van der Waals surface area contributed by atoms with Crippen molar-refractivity contribution in [2.75, 3.05) is 12.0 Å². The number of hydrogen-bond acceptors (Lipinski definition) is 3. The largest absolute Gasteiger partial charge is 0.393 e. The smallest absolute Gasteiger partial charge is 0.233 e. The lowest BCUT2D eigenvalue weighted by molar-refractivity contribution is -0.134. The van der Waals surface area contributed by atoms with Crippen LogP contribution in [0.1, 0.15) is 25.7 Å². The van der Waals surface area contributed by atoms with E-state index in [0.29, 0.717) is 17.8 Å². The van der Waals surface area contributed by atoms with Gasteiger partial charge < -0.3 is 10.0 Å². The molecular formula is C10H17NO2S. The molecule has 0 radical (unpaired) electrons. The van der Waals surface area contributed by atoms with Gasteiger partial charge >= 0.3 is 0 Å². The fraction of sp³-hybridized carbons (Fsp3) is 0.900. The summed E-state index contributed by atoms with van der Waals surface area (Å²) in [4.78, 5) is 13.8. The van der Waals surface area contributed by atoms with E-state index in [1.807, 2.05) is 11.2 Å². The van der Waals surface area contributed by atoms with Gasteiger partial charge in [0.2, 0.25) is 5.91 Å². The highest BCUT2D eigenvalue weighted by molar-refractivity contribution is 7.99. The van der Waals surface area contributed by atoms with Crippen LogP contribution in [0.2, 0.25) is 0 Å². The van der Waals surface area contributed by atoms with Crippen molar-refractivity contribution in [1.29, 1.82) is 0 Å². The van der Waals surface area contributed by atoms with E-state index in [4.69, 9.17) is 0 Å². The van der Waals surface area contributed by atoms with Gasteiger partial charge in [-0.3, -0.25) is 4.79 Å². The molecule has 2 heterocycles. The Labute approximate surface area is 88.9 Å². The second-order valence-corrected chi connectivity index (χ2v) is 5.11. The van der Waals surface area contributed by atoms with Gasteiger partial charge in [0.05, 0.1) is 11.9 Å². The maximum atomic E-state index is 11.8. The summed E-state index contributed by atoms with van der Waals surface area (Å²) < 4.78 is 0. The van der Waals surface area contributed by atoms with Crippen LogP contribution >= 0.6 is 11.8 Å². The molecule has 2 aliphatic heterocycles. The van der Waals surface area contributed by atoms with Gasteiger partial charge in [-0.2, -0.15) is 11.8 Å². The van der Waals surface area contributed by atoms with Crippen LogP contribution in [0.4, 0.5) is 0 Å². The zero-order valence-corrected chi connectivity index (χ0v) is 9.30. The summed E-state index contributed by atoms with van der Waals surface area (Å²) in [5.74, 6) is 0.847. The molecule has 2 bridgehead atoms. The Morgan fingerprint density at radius 3 is 2.50 bits per heavy atom. The van der Waals surface area contributed by atoms with E-state index in [1.54, 1.807) is 11.8 Å². The van der Waals surface area contributed by atoms with Crippen molar-refractivity contribution in [3.8, 4) is 0 Å². The molecular weight excluding hydrogens is 198 g/mol. The zero-order chi connectivity index (χ0) is 10.1. The fourth-order valence-electron chi connectivity index (χ4n) is 2.75. The normalized spacial score (nSPS) is 36.1. The summed E-state index contributed by atoms with van der Waals surface area (Å²) >= 11 is 1.58. The van der Waals surface area contributed by atoms with Crippen molar-refractivity contribution >= 4 is 17.7 Å². The van der Waals surface area contributed by atoms with Crippen LogP contribution in [0.25, 0.3) is 0 Å². The first-order valence-electron chi connectivity index (χ1n) is 5.20. The van der Waals surface area contributed by atoms with Crippen molar-refractivity contribution in [2.24, 2.45) is 0 Å². The van der Waals surface area contributed by atoms with E-state index in [0.717, 1.165) is 25.7 Å². The minimum atomic E-state index is -0.175. The number of carbonyl (C=O) groups excluding carboxylic acids is 1. The third kappa shape index (κ3) is 1.77. The fourth-order valence-corrected chi connectivity index (χ4v) is 3.15. The Kier molecular flexibility index (Phi) is 3.02. The topological polar surface area (TPSA) is 40.5 Å². The van der Waals surface area contributed by atoms with Crippen molar-refractivity contribution in [1.82, 2.24) is 4.90 Å². The van der Waals surface area contributed by atoms with Crippen LogP contribution in [-0.4, -0.2) is 46.1 Å². The molecule has 2 unspecified atom stereocenters. The van der Waals surface area contributed by atoms with Gasteiger partial charge in [0, 0.05) is 12.1 Å². The summed E-state index contributed by atoms with van der Waals surface area (Å²) in [5, 5.41) is 9.58. The standard InChI is InChI=1S/C10H17NO2S/c1-14-6-10(13)11-7-2-3-8(11)5-9(12)4-7/h7-9,12H,2-6H2,1H3. The van der Waals surface area contributed by atoms with Gasteiger partial charge in [-0.1, -0.05) is 0 Å². The van der Waals surface area contributed by atoms with Crippen molar-refractivity contribution in [2.45, 2.75) is 43.9 Å². The quantitative estimate of drug-likeness (QED) is 0.743. The molecule has 0 saturated carbocycles. The van der Waals surface area contributed by atoms with Gasteiger partial charge in [-0.05, 0) is 31.9 Å². The van der Waals surface area contributed by atoms with Gasteiger partial charge in [0.15, 0.2) is 0 Å². The predicted octanol–water partition coefficient (Wildman–Crippen LogP) is 0.864. The maximum Gasteiger partial charge on any atom is 0.233 e. The van der Waals surface area contributed by atoms with Gasteiger partial charge in [0.25, 0.3) is 0 Å². The molecule has 2 saturated heterocycles. The highest BCUT2D eigenvalue weighted by atomic mass is 32.2. The first-order chi connectivity index (χ1) is 6.72. The molecule has 0 aromatic heterocycles. The van der Waals surface area contributed by atoms with Crippen molar-refractivity contribution in [3.05, 3.63) is 0 Å². The molecule has 2 fully saturated rings. The molecule has 4 heteroatoms. The van der Waals surface area contributed by atoms with Crippen LogP contribution in [0.15, 0.2) is 0 Å². The SMILES string of the molecule is CSCC(=O)N1C2CCC1CC(O)C2. The second-order valence-electron chi connectivity index (χ2n) is 4.24. The Balaban J connectivity index is 2.03. The summed E-state index contributed by atoms with van der Waals surface area (Å²) in [5.41, 5.74) is 0. The third-order valence-corrected chi connectivity index (χ3v) is 3.80. The highest BCUT2D eigenvalue weighted by Gasteiger charge is 2.42. The molecule has 0 aromatic rings. The first kappa shape index (κ1) is 10.3. The summed E-state index contributed by atoms with van der Waals surface area (Å²) in [6.45, 7) is 0. The highest BCUT2D eigenvalue weighted by Crippen LogP contribution is 2.35. The molecule has 0 spiro atoms. The van der Waals surface area contributed by atoms with Gasteiger partial charge in [0.1, 0.15) is 0 Å². The van der Waals surface area contributed by atoms with E-state index < -0.39 is 0 Å². The number of nitrogens with zero attached hydrogens (tertiary/aromatic N) is 1. The molecule has 3 nitrogen and oxygen atoms in total. The third-order valence-electron chi connectivity index (χ3n) is 3.26. The second kappa shape index (κ2) is 4.11. The number of piperidine rings is 1. The Hall–Kier alpha value is -0.220. The minimum Gasteiger partial charge on any atom is -0.393 e. The lowest BCUT2D eigenvalue weighted by Gasteiger charge is -2.37. The van der Waals surface area contributed by atoms with E-state index >= 15 is 0 Å². The molecule has 80 valence electrons. The maximum absolute atomic E-state index is 11.8. The number of rotatable bonds is 2. The van der Waals surface area contributed by atoms with Crippen LogP contribution in [0.5, 0.6) is 0 Å². The van der Waals surface area contributed by atoms with Crippen molar-refractivity contribution in [3.63, 3.8) is 0 Å². The van der Waals surface area contributed by atoms with Gasteiger partial charge in [-0.15, -0.1) is 0 Å². The van der Waals surface area contributed by atoms with E-state index in [1.165, 1.54) is 0 Å². The van der Waals surface area contributed by atoms with E-state index in [9.17, 15) is 9.90 Å². The number of fused-ring (bicyclic) bond motifs is 2. The predicted molar refractivity (Wildman–Crippen MR) is 57.3 cm³/mol. The van der Waals surface area contributed by atoms with Gasteiger partial charge in [-0.25, -0.2) is 0 Å². The first-order valence-corrected chi connectivity index (χ1v) is 6.60. The number of amides is 1. The Morgan fingerprint density at radius 1 is 1.43 bits per heavy atom. The monoisotopic (exact) mass is 215 g/mol. The minimum absolute atomic E-state index is 0.175. The molecule has 1 amide bonds. The average Bonchev–Trinajstić information content (AvgIpc) is 2.39. The molecule has 1 N–H and O–H groups in total. The van der Waals surface area contributed by atoms with Crippen LogP contribution in [0, 0.1) is 0 Å². The molecule has 2 rings (SSSR count).